The van der Waals surface area contributed by atoms with Gasteiger partial charge in [-0.3, -0.25) is 4.98 Å². The SMILES string of the molecule is Fc1ccc(COc2ccc(Cl)cc2C[NH2+]Cc2ccccn2)cc1. The van der Waals surface area contributed by atoms with Gasteiger partial charge in [-0.2, -0.15) is 0 Å². The maximum atomic E-state index is 13.0. The Morgan fingerprint density at radius 1 is 1.00 bits per heavy atom. The van der Waals surface area contributed by atoms with Gasteiger partial charge in [0.2, 0.25) is 0 Å². The number of nitrogens with two attached hydrogens (primary N) is 1. The van der Waals surface area contributed by atoms with Crippen LogP contribution < -0.4 is 10.1 Å². The zero-order chi connectivity index (χ0) is 17.5. The Labute approximate surface area is 151 Å². The predicted molar refractivity (Wildman–Crippen MR) is 95.8 cm³/mol. The van der Waals surface area contributed by atoms with E-state index in [-0.39, 0.29) is 5.82 Å². The molecule has 0 aliphatic heterocycles. The molecule has 3 rings (SSSR count). The van der Waals surface area contributed by atoms with E-state index in [0.717, 1.165) is 35.7 Å². The van der Waals surface area contributed by atoms with Crippen LogP contribution in [0.4, 0.5) is 4.39 Å². The summed E-state index contributed by atoms with van der Waals surface area (Å²) in [5, 5.41) is 2.83. The molecular weight excluding hydrogens is 339 g/mol. The number of ether oxygens (including phenoxy) is 1. The standard InChI is InChI=1S/C20H18ClFN2O/c21-17-6-9-20(25-14-15-4-7-18(22)8-5-15)16(11-17)12-23-13-19-3-1-2-10-24-19/h1-11,23H,12-14H2/p+1. The third kappa shape index (κ3) is 5.28. The lowest BCUT2D eigenvalue weighted by Gasteiger charge is -2.11. The number of quaternary nitrogens is 1. The highest BCUT2D eigenvalue weighted by atomic mass is 35.5. The van der Waals surface area contributed by atoms with Crippen molar-refractivity contribution in [3.63, 3.8) is 0 Å². The Bertz CT molecular complexity index is 810. The van der Waals surface area contributed by atoms with Crippen LogP contribution in [0, 0.1) is 5.82 Å². The average molecular weight is 358 g/mol. The number of hydrogen-bond donors (Lipinski definition) is 1. The summed E-state index contributed by atoms with van der Waals surface area (Å²) in [6.45, 7) is 1.90. The smallest absolute Gasteiger partial charge is 0.128 e. The second kappa shape index (κ2) is 8.60. The molecule has 2 N–H and O–H groups in total. The first-order chi connectivity index (χ1) is 12.2. The van der Waals surface area contributed by atoms with E-state index in [2.05, 4.69) is 10.3 Å². The molecule has 0 aliphatic rings. The van der Waals surface area contributed by atoms with Crippen LogP contribution in [0.15, 0.2) is 66.9 Å². The fraction of sp³-hybridized carbons (Fsp3) is 0.150. The lowest BCUT2D eigenvalue weighted by Crippen LogP contribution is -2.80. The summed E-state index contributed by atoms with van der Waals surface area (Å²) in [5.41, 5.74) is 2.96. The van der Waals surface area contributed by atoms with E-state index in [0.29, 0.717) is 11.6 Å². The zero-order valence-corrected chi connectivity index (χ0v) is 14.4. The quantitative estimate of drug-likeness (QED) is 0.700. The van der Waals surface area contributed by atoms with Crippen LogP contribution in [0.5, 0.6) is 5.75 Å². The van der Waals surface area contributed by atoms with Gasteiger partial charge in [0.05, 0.1) is 5.69 Å². The average Bonchev–Trinajstić information content (AvgIpc) is 2.63. The van der Waals surface area contributed by atoms with Gasteiger partial charge in [0.15, 0.2) is 0 Å². The van der Waals surface area contributed by atoms with Gasteiger partial charge in [-0.05, 0) is 48.0 Å². The Balaban J connectivity index is 1.62. The normalized spacial score (nSPS) is 10.6. The molecule has 25 heavy (non-hydrogen) atoms. The number of aromatic nitrogens is 1. The molecule has 0 radical (unpaired) electrons. The maximum absolute atomic E-state index is 13.0. The predicted octanol–water partition coefficient (Wildman–Crippen LogP) is 3.72. The van der Waals surface area contributed by atoms with Gasteiger partial charge in [0, 0.05) is 16.8 Å². The van der Waals surface area contributed by atoms with Gasteiger partial charge in [0.25, 0.3) is 0 Å². The highest BCUT2D eigenvalue weighted by Gasteiger charge is 2.08. The Morgan fingerprint density at radius 2 is 1.84 bits per heavy atom. The molecular formula is C20H19ClFN2O+. The van der Waals surface area contributed by atoms with Crippen molar-refractivity contribution in [2.45, 2.75) is 19.7 Å². The molecule has 2 aromatic carbocycles. The number of halogens is 2. The highest BCUT2D eigenvalue weighted by Crippen LogP contribution is 2.23. The third-order valence-corrected chi connectivity index (χ3v) is 4.01. The molecule has 5 heteroatoms. The summed E-state index contributed by atoms with van der Waals surface area (Å²) < 4.78 is 18.9. The number of rotatable bonds is 7. The van der Waals surface area contributed by atoms with Crippen LogP contribution in [0.2, 0.25) is 5.02 Å². The minimum absolute atomic E-state index is 0.250. The van der Waals surface area contributed by atoms with Crippen molar-refractivity contribution in [1.29, 1.82) is 0 Å². The molecule has 0 bridgehead atoms. The van der Waals surface area contributed by atoms with Crippen molar-refractivity contribution in [3.05, 3.63) is 94.5 Å². The molecule has 0 fully saturated rings. The lowest BCUT2D eigenvalue weighted by atomic mass is 10.2. The maximum Gasteiger partial charge on any atom is 0.128 e. The molecule has 0 amide bonds. The number of benzene rings is 2. The molecule has 0 atom stereocenters. The second-order valence-corrected chi connectivity index (χ2v) is 6.12. The largest absolute Gasteiger partial charge is 0.488 e. The molecule has 0 saturated carbocycles. The molecule has 0 spiro atoms. The number of pyridine rings is 1. The van der Waals surface area contributed by atoms with Crippen molar-refractivity contribution in [2.75, 3.05) is 0 Å². The lowest BCUT2D eigenvalue weighted by molar-refractivity contribution is -0.686. The van der Waals surface area contributed by atoms with Crippen LogP contribution >= 0.6 is 11.6 Å². The molecule has 0 aliphatic carbocycles. The molecule has 3 nitrogen and oxygen atoms in total. The summed E-state index contributed by atoms with van der Waals surface area (Å²) in [6, 6.07) is 17.8. The third-order valence-electron chi connectivity index (χ3n) is 3.77. The first kappa shape index (κ1) is 17.4. The van der Waals surface area contributed by atoms with Gasteiger partial charge < -0.3 is 10.1 Å². The van der Waals surface area contributed by atoms with Gasteiger partial charge in [0.1, 0.15) is 31.3 Å². The van der Waals surface area contributed by atoms with Crippen LogP contribution in [0.1, 0.15) is 16.8 Å². The summed E-state index contributed by atoms with van der Waals surface area (Å²) >= 11 is 6.12. The van der Waals surface area contributed by atoms with E-state index in [4.69, 9.17) is 16.3 Å². The Morgan fingerprint density at radius 3 is 2.60 bits per heavy atom. The monoisotopic (exact) mass is 357 g/mol. The van der Waals surface area contributed by atoms with E-state index >= 15 is 0 Å². The molecule has 1 aromatic heterocycles. The number of hydrogen-bond acceptors (Lipinski definition) is 2. The van der Waals surface area contributed by atoms with Gasteiger partial charge in [-0.25, -0.2) is 4.39 Å². The molecule has 128 valence electrons. The van der Waals surface area contributed by atoms with E-state index in [9.17, 15) is 4.39 Å². The molecule has 1 heterocycles. The van der Waals surface area contributed by atoms with Crippen LogP contribution in [0.25, 0.3) is 0 Å². The first-order valence-corrected chi connectivity index (χ1v) is 8.46. The topological polar surface area (TPSA) is 38.7 Å². The summed E-state index contributed by atoms with van der Waals surface area (Å²) in [4.78, 5) is 4.31. The van der Waals surface area contributed by atoms with E-state index in [1.807, 2.05) is 36.4 Å². The molecule has 0 saturated heterocycles. The molecule has 3 aromatic rings. The van der Waals surface area contributed by atoms with E-state index < -0.39 is 0 Å². The highest BCUT2D eigenvalue weighted by molar-refractivity contribution is 6.30. The summed E-state index contributed by atoms with van der Waals surface area (Å²) in [5.74, 6) is 0.533. The van der Waals surface area contributed by atoms with Gasteiger partial charge in [-0.15, -0.1) is 0 Å². The van der Waals surface area contributed by atoms with Crippen molar-refractivity contribution in [1.82, 2.24) is 4.98 Å². The van der Waals surface area contributed by atoms with Crippen molar-refractivity contribution in [3.8, 4) is 5.75 Å². The zero-order valence-electron chi connectivity index (χ0n) is 13.7. The van der Waals surface area contributed by atoms with Crippen molar-refractivity contribution >= 4 is 11.6 Å². The van der Waals surface area contributed by atoms with Crippen LogP contribution in [-0.2, 0) is 19.7 Å². The van der Waals surface area contributed by atoms with Crippen molar-refractivity contribution < 1.29 is 14.4 Å². The first-order valence-electron chi connectivity index (χ1n) is 8.08. The Kier molecular flexibility index (Phi) is 5.99. The van der Waals surface area contributed by atoms with Crippen molar-refractivity contribution in [2.24, 2.45) is 0 Å². The summed E-state index contributed by atoms with van der Waals surface area (Å²) in [6.07, 6.45) is 1.79. The van der Waals surface area contributed by atoms with Crippen LogP contribution in [-0.4, -0.2) is 4.98 Å². The number of nitrogens with zero attached hydrogens (tertiary/aromatic N) is 1. The minimum Gasteiger partial charge on any atom is -0.488 e. The van der Waals surface area contributed by atoms with Gasteiger partial charge in [-0.1, -0.05) is 29.8 Å². The summed E-state index contributed by atoms with van der Waals surface area (Å²) in [7, 11) is 0. The minimum atomic E-state index is -0.250. The molecule has 0 unspecified atom stereocenters. The van der Waals surface area contributed by atoms with E-state index in [1.54, 1.807) is 18.3 Å². The fourth-order valence-corrected chi connectivity index (χ4v) is 2.68. The van der Waals surface area contributed by atoms with E-state index in [1.165, 1.54) is 12.1 Å². The van der Waals surface area contributed by atoms with Crippen LogP contribution in [0.3, 0.4) is 0 Å². The van der Waals surface area contributed by atoms with Gasteiger partial charge >= 0.3 is 0 Å². The second-order valence-electron chi connectivity index (χ2n) is 5.69. The fourth-order valence-electron chi connectivity index (χ4n) is 2.48. The Hall–Kier alpha value is -2.43.